The van der Waals surface area contributed by atoms with Crippen LogP contribution in [0.1, 0.15) is 40.0 Å². The van der Waals surface area contributed by atoms with Gasteiger partial charge in [0.15, 0.2) is 0 Å². The lowest BCUT2D eigenvalue weighted by Gasteiger charge is -2.28. The van der Waals surface area contributed by atoms with Gasteiger partial charge in [-0.3, -0.25) is 0 Å². The zero-order valence-corrected chi connectivity index (χ0v) is 12.5. The molecule has 1 rings (SSSR count). The molecule has 100 valence electrons. The summed E-state index contributed by atoms with van der Waals surface area (Å²) in [6, 6.07) is 10.5. The quantitative estimate of drug-likeness (QED) is 0.570. The summed E-state index contributed by atoms with van der Waals surface area (Å²) in [6.45, 7) is 6.77. The van der Waals surface area contributed by atoms with Gasteiger partial charge in [0.25, 0.3) is 0 Å². The van der Waals surface area contributed by atoms with Crippen LogP contribution in [-0.4, -0.2) is 16.5 Å². The van der Waals surface area contributed by atoms with Crippen molar-refractivity contribution >= 4 is 11.8 Å². The summed E-state index contributed by atoms with van der Waals surface area (Å²) in [5.41, 5.74) is 1.37. The van der Waals surface area contributed by atoms with Gasteiger partial charge in [-0.2, -0.15) is 0 Å². The second-order valence-corrected chi connectivity index (χ2v) is 6.82. The Bertz CT molecular complexity index is 368. The number of benzene rings is 1. The number of thioether (sulfide) groups is 1. The van der Waals surface area contributed by atoms with E-state index in [4.69, 9.17) is 0 Å². The summed E-state index contributed by atoms with van der Waals surface area (Å²) < 4.78 is 0.113. The van der Waals surface area contributed by atoms with E-state index in [9.17, 15) is 5.11 Å². The van der Waals surface area contributed by atoms with Crippen LogP contribution in [0.4, 0.5) is 0 Å². The molecule has 1 unspecified atom stereocenters. The molecule has 0 aliphatic rings. The predicted molar refractivity (Wildman–Crippen MR) is 81.1 cm³/mol. The summed E-state index contributed by atoms with van der Waals surface area (Å²) >= 11 is 1.88. The number of allylic oxidation sites excluding steroid dienone is 2. The topological polar surface area (TPSA) is 20.2 Å². The van der Waals surface area contributed by atoms with E-state index in [0.717, 1.165) is 19.3 Å². The Balaban J connectivity index is 2.64. The number of aliphatic hydroxyl groups excluding tert-OH is 1. The van der Waals surface area contributed by atoms with Crippen molar-refractivity contribution in [2.75, 3.05) is 6.61 Å². The van der Waals surface area contributed by atoms with Crippen LogP contribution >= 0.6 is 11.8 Å². The molecule has 0 radical (unpaired) electrons. The van der Waals surface area contributed by atoms with Crippen LogP contribution in [0, 0.1) is 0 Å². The van der Waals surface area contributed by atoms with Gasteiger partial charge in [-0.1, -0.05) is 29.8 Å². The molecule has 0 aliphatic carbocycles. The van der Waals surface area contributed by atoms with Crippen molar-refractivity contribution in [2.45, 2.75) is 49.7 Å². The Kier molecular flexibility index (Phi) is 6.51. The van der Waals surface area contributed by atoms with Gasteiger partial charge in [-0.05, 0) is 52.2 Å². The van der Waals surface area contributed by atoms with Crippen LogP contribution in [0.25, 0.3) is 0 Å². The molecular weight excluding hydrogens is 240 g/mol. The van der Waals surface area contributed by atoms with Gasteiger partial charge in [0.2, 0.25) is 0 Å². The summed E-state index contributed by atoms with van der Waals surface area (Å²) in [5.74, 6) is 0. The molecule has 0 bridgehead atoms. The first-order valence-electron chi connectivity index (χ1n) is 6.54. The Hall–Kier alpha value is -0.730. The molecule has 2 heteroatoms. The van der Waals surface area contributed by atoms with Crippen LogP contribution in [-0.2, 0) is 0 Å². The molecule has 1 aromatic rings. The molecule has 0 aliphatic heterocycles. The maximum absolute atomic E-state index is 9.26. The second-order valence-electron chi connectivity index (χ2n) is 5.16. The lowest BCUT2D eigenvalue weighted by Crippen LogP contribution is -2.21. The van der Waals surface area contributed by atoms with Crippen molar-refractivity contribution in [3.8, 4) is 0 Å². The molecular formula is C16H24OS. The lowest BCUT2D eigenvalue weighted by molar-refractivity contribution is 0.268. The number of hydrogen-bond donors (Lipinski definition) is 1. The van der Waals surface area contributed by atoms with E-state index < -0.39 is 0 Å². The van der Waals surface area contributed by atoms with Crippen LogP contribution in [0.15, 0.2) is 46.9 Å². The van der Waals surface area contributed by atoms with Gasteiger partial charge >= 0.3 is 0 Å². The van der Waals surface area contributed by atoms with Crippen LogP contribution < -0.4 is 0 Å². The van der Waals surface area contributed by atoms with Crippen molar-refractivity contribution in [2.24, 2.45) is 0 Å². The minimum Gasteiger partial charge on any atom is -0.396 e. The highest BCUT2D eigenvalue weighted by atomic mass is 32.2. The molecule has 1 nitrogen and oxygen atoms in total. The largest absolute Gasteiger partial charge is 0.396 e. The Morgan fingerprint density at radius 3 is 2.44 bits per heavy atom. The molecule has 0 amide bonds. The number of rotatable bonds is 7. The molecule has 18 heavy (non-hydrogen) atoms. The minimum absolute atomic E-state index is 0.113. The molecule has 0 saturated carbocycles. The fourth-order valence-corrected chi connectivity index (χ4v) is 3.18. The Morgan fingerprint density at radius 1 is 1.22 bits per heavy atom. The molecule has 0 saturated heterocycles. The molecule has 1 N–H and O–H groups in total. The molecule has 0 spiro atoms. The van der Waals surface area contributed by atoms with Gasteiger partial charge in [0, 0.05) is 16.2 Å². The number of aliphatic hydroxyl groups is 1. The smallest absolute Gasteiger partial charge is 0.0444 e. The third-order valence-electron chi connectivity index (χ3n) is 2.97. The van der Waals surface area contributed by atoms with Crippen molar-refractivity contribution in [3.63, 3.8) is 0 Å². The first kappa shape index (κ1) is 15.3. The summed E-state index contributed by atoms with van der Waals surface area (Å²) in [5, 5.41) is 9.26. The third-order valence-corrected chi connectivity index (χ3v) is 4.38. The minimum atomic E-state index is 0.113. The van der Waals surface area contributed by atoms with Gasteiger partial charge in [-0.15, -0.1) is 11.8 Å². The SMILES string of the molecule is CC(C)=CCCC(C)(CCO)Sc1ccccc1. The van der Waals surface area contributed by atoms with Gasteiger partial charge in [0.1, 0.15) is 0 Å². The average Bonchev–Trinajstić information content (AvgIpc) is 2.29. The summed E-state index contributed by atoms with van der Waals surface area (Å²) in [6.07, 6.45) is 5.29. The molecule has 1 atom stereocenters. The standard InChI is InChI=1S/C16H24OS/c1-14(2)8-7-11-16(3,12-13-17)18-15-9-5-4-6-10-15/h4-6,8-10,17H,7,11-13H2,1-3H3. The number of hydrogen-bond acceptors (Lipinski definition) is 2. The maximum atomic E-state index is 9.26. The van der Waals surface area contributed by atoms with E-state index >= 15 is 0 Å². The van der Waals surface area contributed by atoms with E-state index in [2.05, 4.69) is 51.1 Å². The normalized spacial score (nSPS) is 14.0. The molecule has 0 aromatic heterocycles. The maximum Gasteiger partial charge on any atom is 0.0444 e. The van der Waals surface area contributed by atoms with Crippen LogP contribution in [0.5, 0.6) is 0 Å². The summed E-state index contributed by atoms with van der Waals surface area (Å²) in [7, 11) is 0. The van der Waals surface area contributed by atoms with Crippen molar-refractivity contribution in [1.82, 2.24) is 0 Å². The summed E-state index contributed by atoms with van der Waals surface area (Å²) in [4.78, 5) is 1.28. The highest BCUT2D eigenvalue weighted by Crippen LogP contribution is 2.38. The molecule has 0 fully saturated rings. The van der Waals surface area contributed by atoms with Gasteiger partial charge in [-0.25, -0.2) is 0 Å². The lowest BCUT2D eigenvalue weighted by atomic mass is 10.0. The predicted octanol–water partition coefficient (Wildman–Crippen LogP) is 4.67. The fourth-order valence-electron chi connectivity index (χ4n) is 1.90. The van der Waals surface area contributed by atoms with Gasteiger partial charge in [0.05, 0.1) is 0 Å². The Morgan fingerprint density at radius 2 is 1.89 bits per heavy atom. The Labute approximate surface area is 115 Å². The van der Waals surface area contributed by atoms with Gasteiger partial charge < -0.3 is 5.11 Å². The molecule has 0 heterocycles. The van der Waals surface area contributed by atoms with Crippen molar-refractivity contribution in [1.29, 1.82) is 0 Å². The van der Waals surface area contributed by atoms with Crippen LogP contribution in [0.3, 0.4) is 0 Å². The van der Waals surface area contributed by atoms with E-state index in [-0.39, 0.29) is 11.4 Å². The highest BCUT2D eigenvalue weighted by Gasteiger charge is 2.24. The molecule has 1 aromatic carbocycles. The average molecular weight is 264 g/mol. The monoisotopic (exact) mass is 264 g/mol. The second kappa shape index (κ2) is 7.65. The fraction of sp³-hybridized carbons (Fsp3) is 0.500. The zero-order chi connectivity index (χ0) is 13.4. The third kappa shape index (κ3) is 5.74. The van der Waals surface area contributed by atoms with E-state index in [1.807, 2.05) is 17.8 Å². The van der Waals surface area contributed by atoms with E-state index in [0.29, 0.717) is 0 Å². The zero-order valence-electron chi connectivity index (χ0n) is 11.6. The van der Waals surface area contributed by atoms with Crippen molar-refractivity contribution in [3.05, 3.63) is 42.0 Å². The van der Waals surface area contributed by atoms with Crippen molar-refractivity contribution < 1.29 is 5.11 Å². The first-order chi connectivity index (χ1) is 8.56. The highest BCUT2D eigenvalue weighted by molar-refractivity contribution is 8.00. The van der Waals surface area contributed by atoms with E-state index in [1.165, 1.54) is 10.5 Å². The first-order valence-corrected chi connectivity index (χ1v) is 7.36. The van der Waals surface area contributed by atoms with E-state index in [1.54, 1.807) is 0 Å². The van der Waals surface area contributed by atoms with Crippen LogP contribution in [0.2, 0.25) is 0 Å².